The van der Waals surface area contributed by atoms with Gasteiger partial charge in [-0.25, -0.2) is 4.68 Å². The van der Waals surface area contributed by atoms with E-state index in [2.05, 4.69) is 22.2 Å². The highest BCUT2D eigenvalue weighted by Crippen LogP contribution is 2.36. The van der Waals surface area contributed by atoms with Crippen molar-refractivity contribution >= 4 is 5.95 Å². The first kappa shape index (κ1) is 12.9. The third kappa shape index (κ3) is 2.12. The summed E-state index contributed by atoms with van der Waals surface area (Å²) in [7, 11) is 3.35. The second-order valence-corrected chi connectivity index (χ2v) is 4.86. The average molecular weight is 274 g/mol. The number of hydrogen-bond donors (Lipinski definition) is 1. The number of nitrogens with zero attached hydrogens (tertiary/aromatic N) is 3. The molecule has 0 radical (unpaired) electrons. The van der Waals surface area contributed by atoms with Crippen molar-refractivity contribution in [3.63, 3.8) is 0 Å². The maximum Gasteiger partial charge on any atom is 0.239 e. The van der Waals surface area contributed by atoms with E-state index in [9.17, 15) is 0 Å². The Morgan fingerprint density at radius 2 is 1.95 bits per heavy atom. The molecule has 1 aromatic carbocycles. The Labute approximate surface area is 117 Å². The van der Waals surface area contributed by atoms with E-state index in [-0.39, 0.29) is 12.1 Å². The molecular formula is C14H18N4O2. The Balaban J connectivity index is 1.97. The van der Waals surface area contributed by atoms with Crippen LogP contribution in [0, 0.1) is 0 Å². The van der Waals surface area contributed by atoms with Gasteiger partial charge in [-0.1, -0.05) is 12.1 Å². The van der Waals surface area contributed by atoms with Gasteiger partial charge in [0.1, 0.15) is 11.9 Å². The molecule has 0 spiro atoms. The molecule has 0 fully saturated rings. The minimum Gasteiger partial charge on any atom is -0.497 e. The summed E-state index contributed by atoms with van der Waals surface area (Å²) in [6.07, 6.45) is 1.82. The average Bonchev–Trinajstić information content (AvgIpc) is 2.87. The lowest BCUT2D eigenvalue weighted by atomic mass is 9.96. The van der Waals surface area contributed by atoms with Gasteiger partial charge in [-0.2, -0.15) is 4.98 Å². The van der Waals surface area contributed by atoms with Gasteiger partial charge in [0.25, 0.3) is 0 Å². The fourth-order valence-corrected chi connectivity index (χ4v) is 2.72. The van der Waals surface area contributed by atoms with Crippen LogP contribution in [0.1, 0.15) is 36.4 Å². The molecule has 6 nitrogen and oxygen atoms in total. The van der Waals surface area contributed by atoms with Crippen molar-refractivity contribution in [3.8, 4) is 5.75 Å². The molecule has 0 aliphatic carbocycles. The standard InChI is InChI=1S/C14H18N4O2/c1-19-10-5-3-9(4-6-10)11-7-8-12(20-2)13-16-14(15)17-18(11)13/h3-6,11-12H,7-8H2,1-2H3,(H2,15,17). The number of hydrogen-bond acceptors (Lipinski definition) is 5. The second kappa shape index (κ2) is 5.13. The predicted octanol–water partition coefficient (Wildman–Crippen LogP) is 1.94. The molecule has 3 rings (SSSR count). The van der Waals surface area contributed by atoms with Crippen molar-refractivity contribution in [2.75, 3.05) is 20.0 Å². The summed E-state index contributed by atoms with van der Waals surface area (Å²) in [6.45, 7) is 0. The fourth-order valence-electron chi connectivity index (χ4n) is 2.72. The molecule has 2 N–H and O–H groups in total. The van der Waals surface area contributed by atoms with E-state index >= 15 is 0 Å². The molecule has 20 heavy (non-hydrogen) atoms. The number of fused-ring (bicyclic) bond motifs is 1. The normalized spacial score (nSPS) is 21.5. The molecule has 1 aromatic heterocycles. The van der Waals surface area contributed by atoms with Gasteiger partial charge in [0.05, 0.1) is 13.2 Å². The van der Waals surface area contributed by atoms with Crippen LogP contribution in [0.5, 0.6) is 5.75 Å². The van der Waals surface area contributed by atoms with Crippen molar-refractivity contribution in [2.45, 2.75) is 25.0 Å². The molecule has 1 aliphatic rings. The van der Waals surface area contributed by atoms with Crippen LogP contribution in [-0.2, 0) is 4.74 Å². The van der Waals surface area contributed by atoms with Crippen molar-refractivity contribution in [3.05, 3.63) is 35.7 Å². The lowest BCUT2D eigenvalue weighted by molar-refractivity contribution is 0.0649. The summed E-state index contributed by atoms with van der Waals surface area (Å²) in [5, 5.41) is 4.32. The fraction of sp³-hybridized carbons (Fsp3) is 0.429. The van der Waals surface area contributed by atoms with Crippen LogP contribution < -0.4 is 10.5 Å². The van der Waals surface area contributed by atoms with Crippen LogP contribution in [0.4, 0.5) is 5.95 Å². The summed E-state index contributed by atoms with van der Waals surface area (Å²) in [4.78, 5) is 4.29. The summed E-state index contributed by atoms with van der Waals surface area (Å²) >= 11 is 0. The van der Waals surface area contributed by atoms with Crippen LogP contribution in [-0.4, -0.2) is 29.0 Å². The van der Waals surface area contributed by atoms with E-state index < -0.39 is 0 Å². The van der Waals surface area contributed by atoms with Gasteiger partial charge in [-0.3, -0.25) is 0 Å². The number of methoxy groups -OCH3 is 2. The minimum atomic E-state index is -0.0331. The van der Waals surface area contributed by atoms with Crippen LogP contribution in [0.15, 0.2) is 24.3 Å². The molecule has 1 aliphatic heterocycles. The predicted molar refractivity (Wildman–Crippen MR) is 74.6 cm³/mol. The lowest BCUT2D eigenvalue weighted by Gasteiger charge is -2.28. The van der Waals surface area contributed by atoms with Gasteiger partial charge in [0, 0.05) is 7.11 Å². The lowest BCUT2D eigenvalue weighted by Crippen LogP contribution is -2.24. The van der Waals surface area contributed by atoms with Gasteiger partial charge < -0.3 is 15.2 Å². The Hall–Kier alpha value is -2.08. The monoisotopic (exact) mass is 274 g/mol. The Morgan fingerprint density at radius 3 is 2.60 bits per heavy atom. The summed E-state index contributed by atoms with van der Waals surface area (Å²) in [6, 6.07) is 8.17. The SMILES string of the molecule is COc1ccc(C2CCC(OC)c3nc(N)nn32)cc1. The highest BCUT2D eigenvalue weighted by atomic mass is 16.5. The Morgan fingerprint density at radius 1 is 1.20 bits per heavy atom. The zero-order valence-corrected chi connectivity index (χ0v) is 11.6. The number of aromatic nitrogens is 3. The summed E-state index contributed by atoms with van der Waals surface area (Å²) in [5.74, 6) is 1.94. The molecule has 2 atom stereocenters. The smallest absolute Gasteiger partial charge is 0.239 e. The first-order chi connectivity index (χ1) is 9.72. The zero-order valence-electron chi connectivity index (χ0n) is 11.6. The minimum absolute atomic E-state index is 0.0331. The van der Waals surface area contributed by atoms with Crippen LogP contribution in [0.3, 0.4) is 0 Å². The molecule has 106 valence electrons. The molecule has 2 heterocycles. The highest BCUT2D eigenvalue weighted by molar-refractivity contribution is 5.31. The van der Waals surface area contributed by atoms with Crippen LogP contribution in [0.25, 0.3) is 0 Å². The Kier molecular flexibility index (Phi) is 3.31. The largest absolute Gasteiger partial charge is 0.497 e. The third-order valence-corrected chi connectivity index (χ3v) is 3.74. The number of nitrogens with two attached hydrogens (primary N) is 1. The van der Waals surface area contributed by atoms with E-state index in [1.807, 2.05) is 16.8 Å². The van der Waals surface area contributed by atoms with Gasteiger partial charge >= 0.3 is 0 Å². The number of ether oxygens (including phenoxy) is 2. The number of benzene rings is 1. The maximum atomic E-state index is 5.74. The first-order valence-electron chi connectivity index (χ1n) is 6.61. The van der Waals surface area contributed by atoms with E-state index in [0.717, 1.165) is 24.4 Å². The number of anilines is 1. The van der Waals surface area contributed by atoms with Crippen molar-refractivity contribution in [1.82, 2.24) is 14.8 Å². The van der Waals surface area contributed by atoms with Gasteiger partial charge in [0.15, 0.2) is 5.82 Å². The third-order valence-electron chi connectivity index (χ3n) is 3.74. The molecule has 2 unspecified atom stereocenters. The topological polar surface area (TPSA) is 75.2 Å². The molecule has 6 heteroatoms. The van der Waals surface area contributed by atoms with E-state index in [4.69, 9.17) is 15.2 Å². The summed E-state index contributed by atoms with van der Waals surface area (Å²) in [5.41, 5.74) is 6.92. The Bertz CT molecular complexity index is 594. The first-order valence-corrected chi connectivity index (χ1v) is 6.61. The van der Waals surface area contributed by atoms with Crippen molar-refractivity contribution in [2.24, 2.45) is 0 Å². The van der Waals surface area contributed by atoms with Gasteiger partial charge in [-0.15, -0.1) is 5.10 Å². The second-order valence-electron chi connectivity index (χ2n) is 4.86. The zero-order chi connectivity index (χ0) is 14.1. The van der Waals surface area contributed by atoms with Gasteiger partial charge in [0.2, 0.25) is 5.95 Å². The van der Waals surface area contributed by atoms with E-state index in [1.54, 1.807) is 14.2 Å². The van der Waals surface area contributed by atoms with Crippen molar-refractivity contribution in [1.29, 1.82) is 0 Å². The summed E-state index contributed by atoms with van der Waals surface area (Å²) < 4.78 is 12.5. The van der Waals surface area contributed by atoms with Gasteiger partial charge in [-0.05, 0) is 30.5 Å². The number of nitrogen functional groups attached to an aromatic ring is 1. The van der Waals surface area contributed by atoms with Crippen LogP contribution in [0.2, 0.25) is 0 Å². The highest BCUT2D eigenvalue weighted by Gasteiger charge is 2.31. The molecule has 0 saturated carbocycles. The van der Waals surface area contributed by atoms with E-state index in [1.165, 1.54) is 5.56 Å². The van der Waals surface area contributed by atoms with Crippen LogP contribution >= 0.6 is 0 Å². The quantitative estimate of drug-likeness (QED) is 0.925. The molecule has 0 saturated heterocycles. The van der Waals surface area contributed by atoms with Crippen molar-refractivity contribution < 1.29 is 9.47 Å². The molecule has 0 amide bonds. The maximum absolute atomic E-state index is 5.74. The van der Waals surface area contributed by atoms with E-state index in [0.29, 0.717) is 5.95 Å². The number of rotatable bonds is 3. The molecule has 2 aromatic rings. The molecule has 0 bridgehead atoms. The molecular weight excluding hydrogens is 256 g/mol.